The molecular formula is C34H38FN3O5. The molecule has 0 radical (unpaired) electrons. The average molecular weight is 588 g/mol. The average Bonchev–Trinajstić information content (AvgIpc) is 2.96. The molecule has 43 heavy (non-hydrogen) atoms. The Morgan fingerprint density at radius 2 is 1.60 bits per heavy atom. The highest BCUT2D eigenvalue weighted by Gasteiger charge is 2.26. The monoisotopic (exact) mass is 587 g/mol. The maximum Gasteiger partial charge on any atom is 0.410 e. The van der Waals surface area contributed by atoms with Crippen LogP contribution in [0.3, 0.4) is 0 Å². The molecule has 3 heterocycles. The summed E-state index contributed by atoms with van der Waals surface area (Å²) >= 11 is 0. The second-order valence-corrected chi connectivity index (χ2v) is 12.0. The number of likely N-dealkylation sites (tertiary alicyclic amines) is 1. The van der Waals surface area contributed by atoms with Crippen molar-refractivity contribution >= 4 is 17.6 Å². The van der Waals surface area contributed by atoms with E-state index in [0.29, 0.717) is 50.5 Å². The molecule has 5 rings (SSSR count). The van der Waals surface area contributed by atoms with Crippen LogP contribution < -0.4 is 10.1 Å². The quantitative estimate of drug-likeness (QED) is 0.348. The standard InChI is InChI=1S/C34H38FN3O5/c1-22(37-32(39)27-17-29(19-36-18-27)42-30-20-41-21-30)23-5-7-24(8-6-23)31(25-9-11-28(35)12-10-25)26-13-15-38(16-14-26)33(40)43-34(2,3)4/h5-12,17-19,22,30H,13-16,20-21H2,1-4H3,(H,37,39)/t22-/m1/s1. The summed E-state index contributed by atoms with van der Waals surface area (Å²) in [5, 5.41) is 3.04. The van der Waals surface area contributed by atoms with Gasteiger partial charge in [-0.2, -0.15) is 0 Å². The van der Waals surface area contributed by atoms with Crippen LogP contribution in [0.1, 0.15) is 73.6 Å². The molecule has 2 aliphatic rings. The van der Waals surface area contributed by atoms with Crippen LogP contribution in [0.25, 0.3) is 5.57 Å². The molecular weight excluding hydrogens is 549 g/mol. The highest BCUT2D eigenvalue weighted by Crippen LogP contribution is 2.33. The third kappa shape index (κ3) is 7.78. The van der Waals surface area contributed by atoms with Crippen LogP contribution in [-0.4, -0.2) is 59.9 Å². The first-order chi connectivity index (χ1) is 20.6. The first kappa shape index (κ1) is 30.2. The molecule has 226 valence electrons. The van der Waals surface area contributed by atoms with E-state index in [2.05, 4.69) is 10.3 Å². The van der Waals surface area contributed by atoms with Gasteiger partial charge in [0.15, 0.2) is 0 Å². The lowest BCUT2D eigenvalue weighted by molar-refractivity contribution is -0.0798. The van der Waals surface area contributed by atoms with Crippen LogP contribution in [0.5, 0.6) is 5.75 Å². The maximum atomic E-state index is 13.8. The predicted octanol–water partition coefficient (Wildman–Crippen LogP) is 6.32. The molecule has 0 unspecified atom stereocenters. The Morgan fingerprint density at radius 3 is 2.19 bits per heavy atom. The highest BCUT2D eigenvalue weighted by atomic mass is 19.1. The minimum absolute atomic E-state index is 0.00941. The second-order valence-electron chi connectivity index (χ2n) is 12.0. The van der Waals surface area contributed by atoms with Crippen molar-refractivity contribution in [1.29, 1.82) is 0 Å². The zero-order chi connectivity index (χ0) is 30.6. The minimum Gasteiger partial charge on any atom is -0.484 e. The number of aromatic nitrogens is 1. The lowest BCUT2D eigenvalue weighted by Crippen LogP contribution is -2.40. The normalized spacial score (nSPS) is 16.2. The summed E-state index contributed by atoms with van der Waals surface area (Å²) in [6, 6.07) is 16.0. The summed E-state index contributed by atoms with van der Waals surface area (Å²) in [4.78, 5) is 31.5. The Hall–Kier alpha value is -4.24. The molecule has 2 saturated heterocycles. The molecule has 2 aliphatic heterocycles. The fourth-order valence-electron chi connectivity index (χ4n) is 5.11. The van der Waals surface area contributed by atoms with E-state index < -0.39 is 5.60 Å². The van der Waals surface area contributed by atoms with Crippen LogP contribution in [0.15, 0.2) is 72.6 Å². The van der Waals surface area contributed by atoms with Gasteiger partial charge in [-0.1, -0.05) is 42.0 Å². The van der Waals surface area contributed by atoms with Gasteiger partial charge in [0.05, 0.1) is 31.0 Å². The molecule has 9 heteroatoms. The Morgan fingerprint density at radius 1 is 0.977 bits per heavy atom. The van der Waals surface area contributed by atoms with Gasteiger partial charge in [0.25, 0.3) is 5.91 Å². The number of carbonyl (C=O) groups excluding carboxylic acids is 2. The highest BCUT2D eigenvalue weighted by molar-refractivity contribution is 5.94. The van der Waals surface area contributed by atoms with E-state index in [1.54, 1.807) is 29.3 Å². The number of halogens is 1. The van der Waals surface area contributed by atoms with Gasteiger partial charge in [-0.05, 0) is 81.0 Å². The van der Waals surface area contributed by atoms with Gasteiger partial charge in [-0.15, -0.1) is 0 Å². The molecule has 0 aliphatic carbocycles. The number of ether oxygens (including phenoxy) is 3. The Balaban J connectivity index is 1.31. The van der Waals surface area contributed by atoms with Gasteiger partial charge < -0.3 is 24.4 Å². The molecule has 1 N–H and O–H groups in total. The van der Waals surface area contributed by atoms with Crippen LogP contribution in [0, 0.1) is 5.82 Å². The first-order valence-electron chi connectivity index (χ1n) is 14.6. The molecule has 1 aromatic heterocycles. The summed E-state index contributed by atoms with van der Waals surface area (Å²) in [5.41, 5.74) is 4.94. The smallest absolute Gasteiger partial charge is 0.410 e. The lowest BCUT2D eigenvalue weighted by atomic mass is 9.88. The Kier molecular flexibility index (Phi) is 9.11. The number of rotatable bonds is 7. The van der Waals surface area contributed by atoms with E-state index in [9.17, 15) is 14.0 Å². The van der Waals surface area contributed by atoms with Crippen LogP contribution in [0.4, 0.5) is 9.18 Å². The van der Waals surface area contributed by atoms with Crippen molar-refractivity contribution in [3.8, 4) is 5.75 Å². The molecule has 0 saturated carbocycles. The van der Waals surface area contributed by atoms with Crippen molar-refractivity contribution in [2.75, 3.05) is 26.3 Å². The summed E-state index contributed by atoms with van der Waals surface area (Å²) < 4.78 is 30.3. The third-order valence-corrected chi connectivity index (χ3v) is 7.44. The van der Waals surface area contributed by atoms with Gasteiger partial charge in [0, 0.05) is 19.3 Å². The number of hydrogen-bond acceptors (Lipinski definition) is 6. The van der Waals surface area contributed by atoms with Gasteiger partial charge in [-0.3, -0.25) is 9.78 Å². The SMILES string of the molecule is C[C@@H](NC(=O)c1cncc(OC2COC2)c1)c1ccc(C(=C2CCN(C(=O)OC(C)(C)C)CC2)c2ccc(F)cc2)cc1. The topological polar surface area (TPSA) is 90.0 Å². The number of carbonyl (C=O) groups is 2. The molecule has 2 fully saturated rings. The van der Waals surface area contributed by atoms with Crippen molar-refractivity contribution in [1.82, 2.24) is 15.2 Å². The Bertz CT molecular complexity index is 1470. The minimum atomic E-state index is -0.550. The second kappa shape index (κ2) is 13.0. The number of nitrogens with one attached hydrogen (secondary N) is 1. The van der Waals surface area contributed by atoms with Gasteiger partial charge in [0.1, 0.15) is 23.3 Å². The lowest BCUT2D eigenvalue weighted by Gasteiger charge is -2.32. The zero-order valence-corrected chi connectivity index (χ0v) is 25.1. The number of pyridine rings is 1. The summed E-state index contributed by atoms with van der Waals surface area (Å²) in [7, 11) is 0. The predicted molar refractivity (Wildman–Crippen MR) is 161 cm³/mol. The molecule has 0 bridgehead atoms. The van der Waals surface area contributed by atoms with Crippen molar-refractivity contribution in [3.05, 3.63) is 101 Å². The molecule has 1 atom stereocenters. The molecule has 2 amide bonds. The molecule has 3 aromatic rings. The summed E-state index contributed by atoms with van der Waals surface area (Å²) in [6.07, 6.45) is 4.16. The van der Waals surface area contributed by atoms with Crippen molar-refractivity contribution in [2.24, 2.45) is 0 Å². The van der Waals surface area contributed by atoms with Crippen LogP contribution in [-0.2, 0) is 9.47 Å². The fraction of sp³-hybridized carbons (Fsp3) is 0.382. The van der Waals surface area contributed by atoms with E-state index in [1.165, 1.54) is 23.9 Å². The van der Waals surface area contributed by atoms with E-state index in [0.717, 1.165) is 22.3 Å². The van der Waals surface area contributed by atoms with E-state index >= 15 is 0 Å². The van der Waals surface area contributed by atoms with Gasteiger partial charge in [0.2, 0.25) is 0 Å². The summed E-state index contributed by atoms with van der Waals surface area (Å²) in [6.45, 7) is 9.68. The maximum absolute atomic E-state index is 13.8. The van der Waals surface area contributed by atoms with Crippen molar-refractivity contribution in [2.45, 2.75) is 58.3 Å². The molecule has 8 nitrogen and oxygen atoms in total. The summed E-state index contributed by atoms with van der Waals surface area (Å²) in [5.74, 6) is -0.00129. The van der Waals surface area contributed by atoms with Gasteiger partial charge in [-0.25, -0.2) is 9.18 Å². The van der Waals surface area contributed by atoms with E-state index in [4.69, 9.17) is 14.2 Å². The third-order valence-electron chi connectivity index (χ3n) is 7.44. The fourth-order valence-corrected chi connectivity index (χ4v) is 5.11. The number of nitrogens with zero attached hydrogens (tertiary/aromatic N) is 2. The van der Waals surface area contributed by atoms with Gasteiger partial charge >= 0.3 is 6.09 Å². The van der Waals surface area contributed by atoms with Crippen LogP contribution >= 0.6 is 0 Å². The van der Waals surface area contributed by atoms with E-state index in [1.807, 2.05) is 52.0 Å². The number of benzene rings is 2. The molecule has 0 spiro atoms. The largest absolute Gasteiger partial charge is 0.484 e. The van der Waals surface area contributed by atoms with Crippen molar-refractivity contribution < 1.29 is 28.2 Å². The number of hydrogen-bond donors (Lipinski definition) is 1. The first-order valence-corrected chi connectivity index (χ1v) is 14.6. The van der Waals surface area contributed by atoms with Crippen LogP contribution in [0.2, 0.25) is 0 Å². The zero-order valence-electron chi connectivity index (χ0n) is 25.1. The van der Waals surface area contributed by atoms with E-state index in [-0.39, 0.29) is 30.0 Å². The Labute approximate surface area is 251 Å². The van der Waals surface area contributed by atoms with Crippen molar-refractivity contribution in [3.63, 3.8) is 0 Å². The number of piperidine rings is 1. The molecule has 2 aromatic carbocycles. The number of amides is 2.